The molecule has 4 rings (SSSR count). The van der Waals surface area contributed by atoms with Gasteiger partial charge in [0, 0.05) is 48.8 Å². The molecular weight excluding hydrogens is 402 g/mol. The van der Waals surface area contributed by atoms with E-state index in [1.165, 1.54) is 11.1 Å². The summed E-state index contributed by atoms with van der Waals surface area (Å²) in [7, 11) is 2.18. The van der Waals surface area contributed by atoms with E-state index in [2.05, 4.69) is 62.4 Å². The van der Waals surface area contributed by atoms with Crippen LogP contribution >= 0.6 is 15.9 Å². The van der Waals surface area contributed by atoms with Crippen LogP contribution in [0.4, 0.5) is 5.69 Å². The van der Waals surface area contributed by atoms with Crippen molar-refractivity contribution in [1.29, 1.82) is 0 Å². The van der Waals surface area contributed by atoms with Gasteiger partial charge in [0.2, 0.25) is 5.91 Å². The highest BCUT2D eigenvalue weighted by Crippen LogP contribution is 2.48. The summed E-state index contributed by atoms with van der Waals surface area (Å²) in [5.74, 6) is 0.584. The molecule has 0 radical (unpaired) electrons. The van der Waals surface area contributed by atoms with Crippen molar-refractivity contribution in [2.24, 2.45) is 5.92 Å². The van der Waals surface area contributed by atoms with Gasteiger partial charge in [0.15, 0.2) is 0 Å². The van der Waals surface area contributed by atoms with E-state index in [9.17, 15) is 4.79 Å². The summed E-state index contributed by atoms with van der Waals surface area (Å²) in [6.45, 7) is 5.49. The highest BCUT2D eigenvalue weighted by molar-refractivity contribution is 9.10. The molecule has 0 bridgehead atoms. The van der Waals surface area contributed by atoms with Gasteiger partial charge in [-0.2, -0.15) is 0 Å². The van der Waals surface area contributed by atoms with E-state index in [4.69, 9.17) is 0 Å². The molecule has 2 aliphatic rings. The number of amides is 1. The van der Waals surface area contributed by atoms with Gasteiger partial charge in [-0.15, -0.1) is 0 Å². The molecule has 5 heteroatoms. The largest absolute Gasteiger partial charge is 0.326 e. The van der Waals surface area contributed by atoms with Gasteiger partial charge in [0.05, 0.1) is 0 Å². The number of likely N-dealkylation sites (N-methyl/N-ethyl adjacent to an activating group) is 1. The normalized spacial score (nSPS) is 23.2. The van der Waals surface area contributed by atoms with Crippen molar-refractivity contribution >= 4 is 27.5 Å². The average Bonchev–Trinajstić information content (AvgIpc) is 3.47. The summed E-state index contributed by atoms with van der Waals surface area (Å²) < 4.78 is 1.07. The first-order chi connectivity index (χ1) is 13.1. The van der Waals surface area contributed by atoms with Crippen molar-refractivity contribution in [2.75, 3.05) is 38.5 Å². The highest BCUT2D eigenvalue weighted by atomic mass is 79.9. The third-order valence-corrected chi connectivity index (χ3v) is 6.18. The standard InChI is InChI=1S/C22H26BrN3O/c1-25-10-12-26(13-11-25)15-16-2-8-19(9-3-16)24-22(27)21-14-20(21)17-4-6-18(23)7-5-17/h2-9,20-21H,10-15H2,1H3,(H,24,27). The molecule has 0 aromatic heterocycles. The fourth-order valence-electron chi connectivity index (χ4n) is 3.76. The molecule has 2 atom stereocenters. The molecule has 1 saturated heterocycles. The first kappa shape index (κ1) is 18.7. The highest BCUT2D eigenvalue weighted by Gasteiger charge is 2.43. The SMILES string of the molecule is CN1CCN(Cc2ccc(NC(=O)C3CC3c3ccc(Br)cc3)cc2)CC1. The Morgan fingerprint density at radius 1 is 1.04 bits per heavy atom. The van der Waals surface area contributed by atoms with E-state index in [-0.39, 0.29) is 11.8 Å². The minimum absolute atomic E-state index is 0.0937. The van der Waals surface area contributed by atoms with Crippen LogP contribution in [0, 0.1) is 5.92 Å². The predicted molar refractivity (Wildman–Crippen MR) is 113 cm³/mol. The van der Waals surface area contributed by atoms with Crippen molar-refractivity contribution in [2.45, 2.75) is 18.9 Å². The van der Waals surface area contributed by atoms with Crippen molar-refractivity contribution < 1.29 is 4.79 Å². The summed E-state index contributed by atoms with van der Waals surface area (Å²) in [4.78, 5) is 17.4. The zero-order chi connectivity index (χ0) is 18.8. The molecular formula is C22H26BrN3O. The molecule has 1 heterocycles. The molecule has 2 fully saturated rings. The summed E-state index contributed by atoms with van der Waals surface area (Å²) in [5, 5.41) is 3.08. The molecule has 142 valence electrons. The summed E-state index contributed by atoms with van der Waals surface area (Å²) in [6.07, 6.45) is 0.939. The van der Waals surface area contributed by atoms with Gasteiger partial charge in [-0.05, 0) is 54.8 Å². The lowest BCUT2D eigenvalue weighted by molar-refractivity contribution is -0.117. The van der Waals surface area contributed by atoms with E-state index < -0.39 is 0 Å². The van der Waals surface area contributed by atoms with Crippen LogP contribution in [-0.2, 0) is 11.3 Å². The molecule has 2 unspecified atom stereocenters. The fourth-order valence-corrected chi connectivity index (χ4v) is 4.02. The summed E-state index contributed by atoms with van der Waals surface area (Å²) in [5.41, 5.74) is 3.45. The number of anilines is 1. The van der Waals surface area contributed by atoms with Crippen molar-refractivity contribution in [1.82, 2.24) is 9.80 Å². The molecule has 1 aliphatic heterocycles. The van der Waals surface area contributed by atoms with Gasteiger partial charge in [-0.1, -0.05) is 40.2 Å². The van der Waals surface area contributed by atoms with Crippen LogP contribution in [0.15, 0.2) is 53.0 Å². The van der Waals surface area contributed by atoms with E-state index in [1.54, 1.807) is 0 Å². The average molecular weight is 428 g/mol. The first-order valence-corrected chi connectivity index (χ1v) is 10.4. The van der Waals surface area contributed by atoms with E-state index >= 15 is 0 Å². The number of halogens is 1. The Bertz CT molecular complexity index is 782. The van der Waals surface area contributed by atoms with Gasteiger partial charge < -0.3 is 10.2 Å². The lowest BCUT2D eigenvalue weighted by Gasteiger charge is -2.32. The maximum Gasteiger partial charge on any atom is 0.228 e. The summed E-state index contributed by atoms with van der Waals surface area (Å²) in [6, 6.07) is 16.6. The number of hydrogen-bond acceptors (Lipinski definition) is 3. The second kappa shape index (κ2) is 8.13. The van der Waals surface area contributed by atoms with Crippen LogP contribution in [0.3, 0.4) is 0 Å². The molecule has 2 aromatic carbocycles. The minimum atomic E-state index is 0.0937. The van der Waals surface area contributed by atoms with Gasteiger partial charge in [-0.3, -0.25) is 9.69 Å². The topological polar surface area (TPSA) is 35.6 Å². The number of piperazine rings is 1. The maximum atomic E-state index is 12.5. The van der Waals surface area contributed by atoms with E-state index in [0.29, 0.717) is 5.92 Å². The number of nitrogens with one attached hydrogen (secondary N) is 1. The third kappa shape index (κ3) is 4.78. The lowest BCUT2D eigenvalue weighted by atomic mass is 10.1. The van der Waals surface area contributed by atoms with E-state index in [1.807, 2.05) is 24.3 Å². The van der Waals surface area contributed by atoms with Crippen LogP contribution in [0.25, 0.3) is 0 Å². The van der Waals surface area contributed by atoms with Crippen LogP contribution in [0.2, 0.25) is 0 Å². The second-order valence-corrected chi connectivity index (χ2v) is 8.68. The summed E-state index contributed by atoms with van der Waals surface area (Å²) >= 11 is 3.46. The first-order valence-electron chi connectivity index (χ1n) is 9.64. The number of carbonyl (C=O) groups is 1. The zero-order valence-corrected chi connectivity index (χ0v) is 17.3. The maximum absolute atomic E-state index is 12.5. The Labute approximate surface area is 169 Å². The van der Waals surface area contributed by atoms with Crippen LogP contribution in [0.5, 0.6) is 0 Å². The predicted octanol–water partition coefficient (Wildman–Crippen LogP) is 3.94. The Balaban J connectivity index is 1.28. The number of rotatable bonds is 5. The molecule has 0 spiro atoms. The van der Waals surface area contributed by atoms with Crippen LogP contribution in [-0.4, -0.2) is 48.9 Å². The monoisotopic (exact) mass is 427 g/mol. The van der Waals surface area contributed by atoms with Gasteiger partial charge in [-0.25, -0.2) is 0 Å². The minimum Gasteiger partial charge on any atom is -0.326 e. The van der Waals surface area contributed by atoms with Crippen molar-refractivity contribution in [3.05, 3.63) is 64.1 Å². The third-order valence-electron chi connectivity index (χ3n) is 5.65. The smallest absolute Gasteiger partial charge is 0.228 e. The second-order valence-electron chi connectivity index (χ2n) is 7.77. The Morgan fingerprint density at radius 2 is 1.70 bits per heavy atom. The quantitative estimate of drug-likeness (QED) is 0.784. The molecule has 1 saturated carbocycles. The Kier molecular flexibility index (Phi) is 5.62. The molecule has 1 amide bonds. The number of nitrogens with zero attached hydrogens (tertiary/aromatic N) is 2. The number of benzene rings is 2. The van der Waals surface area contributed by atoms with E-state index in [0.717, 1.165) is 49.3 Å². The van der Waals surface area contributed by atoms with Crippen LogP contribution in [0.1, 0.15) is 23.5 Å². The molecule has 1 N–H and O–H groups in total. The number of hydrogen-bond donors (Lipinski definition) is 1. The fraction of sp³-hybridized carbons (Fsp3) is 0.409. The zero-order valence-electron chi connectivity index (χ0n) is 15.7. The van der Waals surface area contributed by atoms with Crippen molar-refractivity contribution in [3.63, 3.8) is 0 Å². The molecule has 1 aliphatic carbocycles. The molecule has 2 aromatic rings. The molecule has 4 nitrogen and oxygen atoms in total. The Morgan fingerprint density at radius 3 is 2.37 bits per heavy atom. The van der Waals surface area contributed by atoms with Crippen molar-refractivity contribution in [3.8, 4) is 0 Å². The lowest BCUT2D eigenvalue weighted by Crippen LogP contribution is -2.43. The van der Waals surface area contributed by atoms with Crippen LogP contribution < -0.4 is 5.32 Å². The Hall–Kier alpha value is -1.69. The van der Waals surface area contributed by atoms with Gasteiger partial charge >= 0.3 is 0 Å². The number of carbonyl (C=O) groups excluding carboxylic acids is 1. The molecule has 27 heavy (non-hydrogen) atoms. The van der Waals surface area contributed by atoms with Gasteiger partial charge in [0.1, 0.15) is 0 Å². The van der Waals surface area contributed by atoms with Gasteiger partial charge in [0.25, 0.3) is 0 Å².